The van der Waals surface area contributed by atoms with Crippen LogP contribution in [0.2, 0.25) is 0 Å². The first-order chi connectivity index (χ1) is 14.3. The van der Waals surface area contributed by atoms with Crippen LogP contribution in [0.5, 0.6) is 0 Å². The molecule has 0 aromatic heterocycles. The normalized spacial score (nSPS) is 37.1. The highest BCUT2D eigenvalue weighted by Crippen LogP contribution is 2.66. The van der Waals surface area contributed by atoms with Gasteiger partial charge in [0.15, 0.2) is 11.8 Å². The van der Waals surface area contributed by atoms with E-state index < -0.39 is 72.5 Å². The molecule has 1 saturated heterocycles. The molecule has 0 saturated carbocycles. The zero-order chi connectivity index (χ0) is 24.8. The number of amides is 1. The highest BCUT2D eigenvalue weighted by atomic mass is 31.3. The number of nitrogens with one attached hydrogen (secondary N) is 1. The highest BCUT2D eigenvalue weighted by molar-refractivity contribution is 7.66. The summed E-state index contributed by atoms with van der Waals surface area (Å²) in [5.74, 6) is -0.726. The second-order valence-corrected chi connectivity index (χ2v) is 11.2. The Kier molecular flexibility index (Phi) is 7.80. The number of rotatable bonds is 9. The molecular weight excluding hydrogens is 512 g/mol. The Bertz CT molecular complexity index is 909. The summed E-state index contributed by atoms with van der Waals surface area (Å²) in [6.45, 7) is -2.15. The third-order valence-electron chi connectivity index (χ3n) is 4.23. The van der Waals surface area contributed by atoms with E-state index in [1.807, 2.05) is 5.32 Å². The van der Waals surface area contributed by atoms with Gasteiger partial charge in [-0.3, -0.25) is 9.32 Å². The molecule has 32 heavy (non-hydrogen) atoms. The minimum Gasteiger partial charge on any atom is -0.387 e. The van der Waals surface area contributed by atoms with Gasteiger partial charge in [-0.1, -0.05) is 0 Å². The Morgan fingerprint density at radius 1 is 1.19 bits per heavy atom. The summed E-state index contributed by atoms with van der Waals surface area (Å²) in [6.07, 6.45) is -3.91. The van der Waals surface area contributed by atoms with E-state index in [1.54, 1.807) is 0 Å². The van der Waals surface area contributed by atoms with Gasteiger partial charge in [-0.15, -0.1) is 0 Å². The standard InChI is InChI=1S/C11H20FN2O15P3/c1-10(18)7(16)11(4-12,27-8(10)14-3-2-6(15)13-9(14)17)5-26-31(22,23)29-32(24,25)28-30(19,20)21/h2-3,7-9,16-18H,4-5H2,1H3,(H,13,15)(H,22,23)(H,24,25)(H2,19,20,21)/t7-,8+,9?,10+,11+/m0/s1. The van der Waals surface area contributed by atoms with Crippen LogP contribution in [0, 0.1) is 0 Å². The Morgan fingerprint density at radius 3 is 2.28 bits per heavy atom. The first kappa shape index (κ1) is 27.4. The fraction of sp³-hybridized carbons (Fsp3) is 0.727. The Balaban J connectivity index is 2.21. The molecule has 17 nitrogen and oxygen atoms in total. The lowest BCUT2D eigenvalue weighted by Gasteiger charge is -2.39. The molecule has 2 aliphatic rings. The highest BCUT2D eigenvalue weighted by Gasteiger charge is 2.64. The largest absolute Gasteiger partial charge is 0.490 e. The molecule has 0 bridgehead atoms. The average Bonchev–Trinajstić information content (AvgIpc) is 2.78. The zero-order valence-electron chi connectivity index (χ0n) is 15.9. The molecule has 21 heteroatoms. The summed E-state index contributed by atoms with van der Waals surface area (Å²) in [4.78, 5) is 47.7. The number of hydrogen-bond donors (Lipinski definition) is 8. The van der Waals surface area contributed by atoms with Crippen LogP contribution < -0.4 is 5.32 Å². The summed E-state index contributed by atoms with van der Waals surface area (Å²) in [7, 11) is -17.2. The smallest absolute Gasteiger partial charge is 0.387 e. The SMILES string of the molecule is C[C@@]1(O)[C@H](O)[C@@](CF)(COP(=O)(O)OP(=O)(O)OP(=O)(O)O)O[C@H]1N1C=CC(=O)NC1O. The first-order valence-corrected chi connectivity index (χ1v) is 12.7. The lowest BCUT2D eigenvalue weighted by atomic mass is 9.88. The number of phosphoric ester groups is 1. The molecule has 2 aliphatic heterocycles. The van der Waals surface area contributed by atoms with E-state index in [0.717, 1.165) is 24.1 Å². The number of hydrogen-bond acceptors (Lipinski definition) is 12. The van der Waals surface area contributed by atoms with E-state index >= 15 is 0 Å². The second-order valence-electron chi connectivity index (χ2n) is 6.81. The lowest BCUT2D eigenvalue weighted by Crippen LogP contribution is -2.59. The number of aliphatic hydroxyl groups excluding tert-OH is 2. The summed E-state index contributed by atoms with van der Waals surface area (Å²) in [6, 6.07) is 0. The van der Waals surface area contributed by atoms with Gasteiger partial charge in [-0.2, -0.15) is 8.62 Å². The predicted octanol–water partition coefficient (Wildman–Crippen LogP) is -2.27. The Morgan fingerprint density at radius 2 is 1.78 bits per heavy atom. The molecule has 8 N–H and O–H groups in total. The maximum Gasteiger partial charge on any atom is 0.490 e. The topological polar surface area (TPSA) is 262 Å². The van der Waals surface area contributed by atoms with E-state index in [2.05, 4.69) is 13.1 Å². The van der Waals surface area contributed by atoms with Crippen LogP contribution in [0.15, 0.2) is 12.3 Å². The minimum atomic E-state index is -5.85. The van der Waals surface area contributed by atoms with Crippen LogP contribution in [0.1, 0.15) is 6.92 Å². The third-order valence-corrected chi connectivity index (χ3v) is 8.02. The van der Waals surface area contributed by atoms with Gasteiger partial charge in [-0.05, 0) is 6.92 Å². The number of alkyl halides is 1. The zero-order valence-corrected chi connectivity index (χ0v) is 18.5. The predicted molar refractivity (Wildman–Crippen MR) is 95.2 cm³/mol. The van der Waals surface area contributed by atoms with Gasteiger partial charge >= 0.3 is 23.5 Å². The van der Waals surface area contributed by atoms with E-state index in [0.29, 0.717) is 0 Å². The number of halogens is 1. The fourth-order valence-electron chi connectivity index (χ4n) is 2.88. The van der Waals surface area contributed by atoms with Crippen molar-refractivity contribution in [1.82, 2.24) is 10.2 Å². The maximum atomic E-state index is 13.9. The van der Waals surface area contributed by atoms with E-state index in [-0.39, 0.29) is 0 Å². The first-order valence-electron chi connectivity index (χ1n) is 8.21. The van der Waals surface area contributed by atoms with E-state index in [9.17, 15) is 43.1 Å². The van der Waals surface area contributed by atoms with Gasteiger partial charge in [-0.25, -0.2) is 18.1 Å². The molecule has 0 radical (unpaired) electrons. The number of nitrogens with zero attached hydrogens (tertiary/aromatic N) is 1. The van der Waals surface area contributed by atoms with Crippen molar-refractivity contribution in [1.29, 1.82) is 0 Å². The number of carbonyl (C=O) groups is 1. The minimum absolute atomic E-state index is 0.726. The van der Waals surface area contributed by atoms with Crippen molar-refractivity contribution in [3.05, 3.63) is 12.3 Å². The third kappa shape index (κ3) is 6.20. The number of ether oxygens (including phenoxy) is 1. The second kappa shape index (κ2) is 9.09. The molecule has 0 aliphatic carbocycles. The van der Waals surface area contributed by atoms with Crippen molar-refractivity contribution >= 4 is 29.4 Å². The summed E-state index contributed by atoms with van der Waals surface area (Å²) >= 11 is 0. The molecule has 1 amide bonds. The average molecular weight is 532 g/mol. The summed E-state index contributed by atoms with van der Waals surface area (Å²) in [5, 5.41) is 33.0. The molecule has 3 unspecified atom stereocenters. The number of phosphoric acid groups is 3. The monoisotopic (exact) mass is 532 g/mol. The lowest BCUT2D eigenvalue weighted by molar-refractivity contribution is -0.190. The summed E-state index contributed by atoms with van der Waals surface area (Å²) < 4.78 is 64.4. The number of carbonyl (C=O) groups excluding carboxylic acids is 1. The van der Waals surface area contributed by atoms with Gasteiger partial charge < -0.3 is 49.8 Å². The van der Waals surface area contributed by atoms with Crippen LogP contribution in [0.25, 0.3) is 0 Å². The van der Waals surface area contributed by atoms with E-state index in [1.165, 1.54) is 0 Å². The van der Waals surface area contributed by atoms with Gasteiger partial charge in [0, 0.05) is 12.3 Å². The van der Waals surface area contributed by atoms with Crippen molar-refractivity contribution in [2.75, 3.05) is 13.3 Å². The maximum absolute atomic E-state index is 13.9. The molecule has 7 atom stereocenters. The van der Waals surface area contributed by atoms with Gasteiger partial charge in [0.2, 0.25) is 12.3 Å². The van der Waals surface area contributed by atoms with Gasteiger partial charge in [0.25, 0.3) is 0 Å². The molecule has 2 heterocycles. The molecule has 0 aromatic rings. The van der Waals surface area contributed by atoms with Crippen molar-refractivity contribution < 1.29 is 75.7 Å². The molecular formula is C11H20FN2O15P3. The van der Waals surface area contributed by atoms with Crippen molar-refractivity contribution in [3.8, 4) is 0 Å². The quantitative estimate of drug-likeness (QED) is 0.146. The molecule has 0 spiro atoms. The Hall–Kier alpha value is -0.810. The Labute approximate surface area is 178 Å². The van der Waals surface area contributed by atoms with Crippen molar-refractivity contribution in [2.45, 2.75) is 36.8 Å². The fourth-order valence-corrected chi connectivity index (χ4v) is 5.95. The van der Waals surface area contributed by atoms with Crippen molar-refractivity contribution in [3.63, 3.8) is 0 Å². The van der Waals surface area contributed by atoms with Crippen LogP contribution >= 0.6 is 23.5 Å². The van der Waals surface area contributed by atoms with Crippen LogP contribution in [-0.4, -0.2) is 88.9 Å². The van der Waals surface area contributed by atoms with Crippen LogP contribution in [-0.2, 0) is 36.4 Å². The van der Waals surface area contributed by atoms with Crippen LogP contribution in [0.4, 0.5) is 4.39 Å². The molecule has 0 aromatic carbocycles. The molecule has 2 rings (SSSR count). The number of aliphatic hydroxyl groups is 3. The molecule has 1 fully saturated rings. The molecule has 186 valence electrons. The van der Waals surface area contributed by atoms with Crippen LogP contribution in [0.3, 0.4) is 0 Å². The summed E-state index contributed by atoms with van der Waals surface area (Å²) in [5.41, 5.74) is -5.01. The van der Waals surface area contributed by atoms with E-state index in [4.69, 9.17) is 19.4 Å². The van der Waals surface area contributed by atoms with Gasteiger partial charge in [0.1, 0.15) is 18.4 Å². The van der Waals surface area contributed by atoms with Gasteiger partial charge in [0.05, 0.1) is 6.61 Å². The van der Waals surface area contributed by atoms with Crippen molar-refractivity contribution in [2.24, 2.45) is 0 Å².